The van der Waals surface area contributed by atoms with E-state index in [0.29, 0.717) is 31.9 Å². The highest BCUT2D eigenvalue weighted by molar-refractivity contribution is 5.87. The van der Waals surface area contributed by atoms with Gasteiger partial charge >= 0.3 is 6.18 Å². The molecule has 3 heterocycles. The van der Waals surface area contributed by atoms with Crippen molar-refractivity contribution in [3.63, 3.8) is 0 Å². The van der Waals surface area contributed by atoms with Gasteiger partial charge < -0.3 is 14.7 Å². The Balaban J connectivity index is 1.68. The van der Waals surface area contributed by atoms with Crippen LogP contribution < -0.4 is 9.80 Å². The molecule has 146 valence electrons. The summed E-state index contributed by atoms with van der Waals surface area (Å²) < 4.78 is 38.7. The van der Waals surface area contributed by atoms with Crippen molar-refractivity contribution in [3.8, 4) is 0 Å². The number of alkyl halides is 3. The summed E-state index contributed by atoms with van der Waals surface area (Å²) in [5, 5.41) is 0. The number of benzene rings is 1. The largest absolute Gasteiger partial charge is 0.416 e. The molecule has 4 rings (SSSR count). The molecule has 2 aromatic rings. The van der Waals surface area contributed by atoms with Crippen molar-refractivity contribution in [1.82, 2.24) is 9.88 Å². The van der Waals surface area contributed by atoms with Crippen molar-refractivity contribution in [2.75, 3.05) is 36.0 Å². The number of hydrogen-bond acceptors (Lipinski definition) is 4. The van der Waals surface area contributed by atoms with Crippen LogP contribution in [0.25, 0.3) is 0 Å². The molecule has 0 bridgehead atoms. The van der Waals surface area contributed by atoms with Crippen molar-refractivity contribution in [2.45, 2.75) is 12.2 Å². The molecule has 1 fully saturated rings. The average molecular weight is 388 g/mol. The standard InChI is InChI=1S/C20H19F3N4O/c1-2-18(28)25-10-11-26-16(12-25)13-27(17-4-3-9-24-19(17)26)15-7-5-14(6-8-15)20(21,22)23/h2-9,16H,1,10-13H2/t16-/m0/s1. The molecule has 1 saturated heterocycles. The molecule has 1 aromatic carbocycles. The maximum Gasteiger partial charge on any atom is 0.416 e. The smallest absolute Gasteiger partial charge is 0.347 e. The molecular formula is C20H19F3N4O. The summed E-state index contributed by atoms with van der Waals surface area (Å²) in [6, 6.07) is 8.85. The first-order valence-corrected chi connectivity index (χ1v) is 8.96. The molecule has 1 aromatic heterocycles. The number of rotatable bonds is 2. The topological polar surface area (TPSA) is 39.7 Å². The van der Waals surface area contributed by atoms with Gasteiger partial charge in [0.1, 0.15) is 0 Å². The van der Waals surface area contributed by atoms with E-state index >= 15 is 0 Å². The number of carbonyl (C=O) groups is 1. The van der Waals surface area contributed by atoms with Crippen LogP contribution in [0.1, 0.15) is 5.56 Å². The Bertz CT molecular complexity index is 897. The molecule has 1 amide bonds. The fourth-order valence-corrected chi connectivity index (χ4v) is 3.82. The number of piperazine rings is 1. The second-order valence-corrected chi connectivity index (χ2v) is 6.84. The molecule has 2 aliphatic rings. The normalized spacial score (nSPS) is 19.1. The van der Waals surface area contributed by atoms with Gasteiger partial charge in [0.2, 0.25) is 5.91 Å². The van der Waals surface area contributed by atoms with E-state index in [1.807, 2.05) is 17.0 Å². The van der Waals surface area contributed by atoms with Crippen LogP contribution in [0.4, 0.5) is 30.4 Å². The molecule has 5 nitrogen and oxygen atoms in total. The Morgan fingerprint density at radius 3 is 2.57 bits per heavy atom. The van der Waals surface area contributed by atoms with Gasteiger partial charge in [-0.15, -0.1) is 0 Å². The van der Waals surface area contributed by atoms with E-state index in [-0.39, 0.29) is 11.9 Å². The second kappa shape index (κ2) is 6.85. The van der Waals surface area contributed by atoms with Gasteiger partial charge in [0, 0.05) is 38.1 Å². The van der Waals surface area contributed by atoms with Crippen LogP contribution in [0, 0.1) is 0 Å². The zero-order valence-electron chi connectivity index (χ0n) is 15.1. The van der Waals surface area contributed by atoms with E-state index in [1.54, 1.807) is 11.1 Å². The van der Waals surface area contributed by atoms with Gasteiger partial charge in [-0.1, -0.05) is 6.58 Å². The number of hydrogen-bond donors (Lipinski definition) is 0. The molecule has 0 saturated carbocycles. The lowest BCUT2D eigenvalue weighted by atomic mass is 10.0. The molecule has 8 heteroatoms. The Morgan fingerprint density at radius 1 is 1.14 bits per heavy atom. The van der Waals surface area contributed by atoms with Crippen LogP contribution in [-0.4, -0.2) is 48.0 Å². The maximum absolute atomic E-state index is 12.9. The van der Waals surface area contributed by atoms with Gasteiger partial charge in [-0.2, -0.15) is 13.2 Å². The van der Waals surface area contributed by atoms with Crippen molar-refractivity contribution in [2.24, 2.45) is 0 Å². The zero-order chi connectivity index (χ0) is 19.9. The molecule has 1 atom stereocenters. The number of nitrogens with zero attached hydrogens (tertiary/aromatic N) is 4. The van der Waals surface area contributed by atoms with Crippen LogP contribution in [0.3, 0.4) is 0 Å². The highest BCUT2D eigenvalue weighted by Gasteiger charge is 2.37. The minimum Gasteiger partial charge on any atom is -0.347 e. The molecule has 0 radical (unpaired) electrons. The summed E-state index contributed by atoms with van der Waals surface area (Å²) >= 11 is 0. The molecule has 0 spiro atoms. The van der Waals surface area contributed by atoms with E-state index in [4.69, 9.17) is 0 Å². The lowest BCUT2D eigenvalue weighted by molar-refractivity contribution is -0.137. The highest BCUT2D eigenvalue weighted by atomic mass is 19.4. The minimum absolute atomic E-state index is 0.0117. The van der Waals surface area contributed by atoms with Crippen LogP contribution in [0.5, 0.6) is 0 Å². The first-order valence-electron chi connectivity index (χ1n) is 8.96. The average Bonchev–Trinajstić information content (AvgIpc) is 2.71. The van der Waals surface area contributed by atoms with Crippen molar-refractivity contribution in [3.05, 3.63) is 60.8 Å². The summed E-state index contributed by atoms with van der Waals surface area (Å²) in [5.74, 6) is 0.664. The van der Waals surface area contributed by atoms with Crippen LogP contribution in [-0.2, 0) is 11.0 Å². The molecule has 0 N–H and O–H groups in total. The summed E-state index contributed by atoms with van der Waals surface area (Å²) in [7, 11) is 0. The second-order valence-electron chi connectivity index (χ2n) is 6.84. The van der Waals surface area contributed by atoms with E-state index in [1.165, 1.54) is 18.2 Å². The van der Waals surface area contributed by atoms with E-state index in [9.17, 15) is 18.0 Å². The van der Waals surface area contributed by atoms with Crippen LogP contribution >= 0.6 is 0 Å². The first kappa shape index (κ1) is 18.3. The number of anilines is 3. The summed E-state index contributed by atoms with van der Waals surface area (Å²) in [5.41, 5.74) is 0.831. The number of amides is 1. The summed E-state index contributed by atoms with van der Waals surface area (Å²) in [6.07, 6.45) is -1.36. The minimum atomic E-state index is -4.37. The Morgan fingerprint density at radius 2 is 1.89 bits per heavy atom. The Kier molecular flexibility index (Phi) is 4.49. The summed E-state index contributed by atoms with van der Waals surface area (Å²) in [4.78, 5) is 22.4. The van der Waals surface area contributed by atoms with E-state index in [0.717, 1.165) is 23.6 Å². The highest BCUT2D eigenvalue weighted by Crippen LogP contribution is 2.40. The zero-order valence-corrected chi connectivity index (χ0v) is 15.1. The van der Waals surface area contributed by atoms with Crippen LogP contribution in [0.2, 0.25) is 0 Å². The molecular weight excluding hydrogens is 369 g/mol. The van der Waals surface area contributed by atoms with E-state index in [2.05, 4.69) is 16.5 Å². The van der Waals surface area contributed by atoms with Gasteiger partial charge in [0.25, 0.3) is 0 Å². The number of carbonyl (C=O) groups excluding carboxylic acids is 1. The fourth-order valence-electron chi connectivity index (χ4n) is 3.82. The lowest BCUT2D eigenvalue weighted by Gasteiger charge is -2.48. The summed E-state index contributed by atoms with van der Waals surface area (Å²) in [6.45, 7) is 5.83. The van der Waals surface area contributed by atoms with Gasteiger partial charge in [0.15, 0.2) is 5.82 Å². The number of halogens is 3. The van der Waals surface area contributed by atoms with Crippen molar-refractivity contribution >= 4 is 23.1 Å². The Labute approximate surface area is 160 Å². The van der Waals surface area contributed by atoms with Crippen molar-refractivity contribution < 1.29 is 18.0 Å². The lowest BCUT2D eigenvalue weighted by Crippen LogP contribution is -2.60. The van der Waals surface area contributed by atoms with Gasteiger partial charge in [-0.05, 0) is 42.5 Å². The Hall–Kier alpha value is -3.03. The fraction of sp³-hybridized carbons (Fsp3) is 0.300. The molecule has 0 unspecified atom stereocenters. The molecule has 0 aliphatic carbocycles. The maximum atomic E-state index is 12.9. The number of aromatic nitrogens is 1. The third kappa shape index (κ3) is 3.19. The monoisotopic (exact) mass is 388 g/mol. The molecule has 28 heavy (non-hydrogen) atoms. The van der Waals surface area contributed by atoms with Crippen molar-refractivity contribution in [1.29, 1.82) is 0 Å². The third-order valence-electron chi connectivity index (χ3n) is 5.20. The first-order chi connectivity index (χ1) is 13.4. The van der Waals surface area contributed by atoms with Gasteiger partial charge in [0.05, 0.1) is 17.3 Å². The third-order valence-corrected chi connectivity index (χ3v) is 5.20. The van der Waals surface area contributed by atoms with Gasteiger partial charge in [-0.3, -0.25) is 4.79 Å². The quantitative estimate of drug-likeness (QED) is 0.739. The number of fused-ring (bicyclic) bond motifs is 3. The predicted octanol–water partition coefficient (Wildman–Crippen LogP) is 3.46. The predicted molar refractivity (Wildman–Crippen MR) is 101 cm³/mol. The number of pyridine rings is 1. The molecule has 2 aliphatic heterocycles. The van der Waals surface area contributed by atoms with Crippen LogP contribution in [0.15, 0.2) is 55.3 Å². The van der Waals surface area contributed by atoms with Gasteiger partial charge in [-0.25, -0.2) is 4.98 Å². The van der Waals surface area contributed by atoms with E-state index < -0.39 is 11.7 Å². The SMILES string of the molecule is C=CC(=O)N1CCN2c3ncccc3N(c3ccc(C(F)(F)F)cc3)C[C@@H]2C1.